The molecule has 2 rings (SSSR count). The smallest absolute Gasteiger partial charge is 0.0625 e. The van der Waals surface area contributed by atoms with Crippen LogP contribution in [0.25, 0.3) is 0 Å². The van der Waals surface area contributed by atoms with E-state index in [1.807, 2.05) is 0 Å². The molecule has 0 amide bonds. The fourth-order valence-electron chi connectivity index (χ4n) is 1.40. The second-order valence-corrected chi connectivity index (χ2v) is 3.30. The number of aromatic amines is 1. The molecular formula is C8H13N3O. The van der Waals surface area contributed by atoms with Gasteiger partial charge in [0.2, 0.25) is 0 Å². The normalized spacial score (nSPS) is 19.5. The van der Waals surface area contributed by atoms with Gasteiger partial charge in [-0.25, -0.2) is 0 Å². The average molecular weight is 167 g/mol. The highest BCUT2D eigenvalue weighted by atomic mass is 16.3. The quantitative estimate of drug-likeness (QED) is 0.605. The van der Waals surface area contributed by atoms with Crippen molar-refractivity contribution in [1.29, 1.82) is 0 Å². The molecule has 0 bridgehead atoms. The molecule has 0 aliphatic heterocycles. The van der Waals surface area contributed by atoms with Crippen LogP contribution in [0.4, 0.5) is 0 Å². The molecule has 4 nitrogen and oxygen atoms in total. The molecule has 66 valence electrons. The number of H-pyrrole nitrogens is 1. The van der Waals surface area contributed by atoms with E-state index in [1.54, 1.807) is 6.20 Å². The zero-order valence-corrected chi connectivity index (χ0v) is 6.83. The third-order valence-electron chi connectivity index (χ3n) is 2.28. The third-order valence-corrected chi connectivity index (χ3v) is 2.28. The van der Waals surface area contributed by atoms with Crippen LogP contribution < -0.4 is 5.73 Å². The van der Waals surface area contributed by atoms with Gasteiger partial charge in [-0.15, -0.1) is 0 Å². The lowest BCUT2D eigenvalue weighted by Crippen LogP contribution is -2.15. The van der Waals surface area contributed by atoms with Crippen molar-refractivity contribution in [2.45, 2.75) is 24.8 Å². The minimum Gasteiger partial charge on any atom is -0.394 e. The van der Waals surface area contributed by atoms with E-state index in [0.29, 0.717) is 5.92 Å². The van der Waals surface area contributed by atoms with Crippen molar-refractivity contribution >= 4 is 0 Å². The number of aliphatic hydroxyl groups is 1. The van der Waals surface area contributed by atoms with Gasteiger partial charge in [-0.05, 0) is 12.8 Å². The molecule has 4 heteroatoms. The molecule has 1 unspecified atom stereocenters. The maximum atomic E-state index is 8.87. The largest absolute Gasteiger partial charge is 0.394 e. The molecule has 0 spiro atoms. The molecule has 1 aromatic rings. The van der Waals surface area contributed by atoms with E-state index in [4.69, 9.17) is 10.8 Å². The summed E-state index contributed by atoms with van der Waals surface area (Å²) in [7, 11) is 0. The van der Waals surface area contributed by atoms with Gasteiger partial charge in [0.1, 0.15) is 0 Å². The molecular weight excluding hydrogens is 154 g/mol. The Hall–Kier alpha value is -0.870. The first-order chi connectivity index (χ1) is 5.83. The van der Waals surface area contributed by atoms with E-state index >= 15 is 0 Å². The Kier molecular flexibility index (Phi) is 1.86. The Morgan fingerprint density at radius 2 is 2.50 bits per heavy atom. The van der Waals surface area contributed by atoms with Crippen LogP contribution in [-0.2, 0) is 0 Å². The van der Waals surface area contributed by atoms with Crippen molar-refractivity contribution in [3.05, 3.63) is 17.5 Å². The molecule has 0 radical (unpaired) electrons. The number of aromatic nitrogens is 2. The van der Waals surface area contributed by atoms with Crippen LogP contribution in [0.1, 0.15) is 36.1 Å². The Morgan fingerprint density at radius 1 is 1.75 bits per heavy atom. The fourth-order valence-corrected chi connectivity index (χ4v) is 1.40. The average Bonchev–Trinajstić information content (AvgIpc) is 2.83. The summed E-state index contributed by atoms with van der Waals surface area (Å²) < 4.78 is 0. The lowest BCUT2D eigenvalue weighted by molar-refractivity contribution is 0.267. The van der Waals surface area contributed by atoms with Crippen molar-refractivity contribution < 1.29 is 5.11 Å². The summed E-state index contributed by atoms with van der Waals surface area (Å²) in [5.74, 6) is 0.611. The second kappa shape index (κ2) is 2.88. The van der Waals surface area contributed by atoms with E-state index in [2.05, 4.69) is 10.2 Å². The molecule has 12 heavy (non-hydrogen) atoms. The molecule has 1 aromatic heterocycles. The van der Waals surface area contributed by atoms with E-state index in [-0.39, 0.29) is 12.6 Å². The van der Waals surface area contributed by atoms with Gasteiger partial charge in [-0.3, -0.25) is 5.10 Å². The Bertz CT molecular complexity index is 267. The number of rotatable bonds is 3. The van der Waals surface area contributed by atoms with E-state index in [1.165, 1.54) is 12.8 Å². The molecule has 1 heterocycles. The van der Waals surface area contributed by atoms with E-state index in [0.717, 1.165) is 11.3 Å². The zero-order valence-electron chi connectivity index (χ0n) is 6.83. The monoisotopic (exact) mass is 167 g/mol. The zero-order chi connectivity index (χ0) is 8.55. The highest BCUT2D eigenvalue weighted by Gasteiger charge is 2.29. The molecule has 1 aliphatic carbocycles. The Morgan fingerprint density at radius 3 is 3.08 bits per heavy atom. The predicted octanol–water partition coefficient (Wildman–Crippen LogP) is 0.279. The summed E-state index contributed by atoms with van der Waals surface area (Å²) in [5, 5.41) is 15.7. The van der Waals surface area contributed by atoms with Crippen LogP contribution in [0.5, 0.6) is 0 Å². The van der Waals surface area contributed by atoms with Gasteiger partial charge in [-0.2, -0.15) is 5.10 Å². The van der Waals surface area contributed by atoms with Crippen LogP contribution in [0, 0.1) is 0 Å². The van der Waals surface area contributed by atoms with Crippen LogP contribution in [0.2, 0.25) is 0 Å². The highest BCUT2D eigenvalue weighted by molar-refractivity contribution is 5.27. The topological polar surface area (TPSA) is 74.9 Å². The van der Waals surface area contributed by atoms with Gasteiger partial charge >= 0.3 is 0 Å². The number of aliphatic hydroxyl groups excluding tert-OH is 1. The maximum absolute atomic E-state index is 8.87. The summed E-state index contributed by atoms with van der Waals surface area (Å²) in [4.78, 5) is 0. The molecule has 4 N–H and O–H groups in total. The summed E-state index contributed by atoms with van der Waals surface area (Å²) >= 11 is 0. The minimum absolute atomic E-state index is 0.0146. The predicted molar refractivity (Wildman–Crippen MR) is 44.6 cm³/mol. The van der Waals surface area contributed by atoms with Gasteiger partial charge in [-0.1, -0.05) is 0 Å². The molecule has 0 aromatic carbocycles. The SMILES string of the molecule is NC(CO)c1cn[nH]c1C1CC1. The number of hydrogen-bond acceptors (Lipinski definition) is 3. The number of nitrogens with two attached hydrogens (primary N) is 1. The van der Waals surface area contributed by atoms with Gasteiger partial charge in [0.15, 0.2) is 0 Å². The molecule has 1 fully saturated rings. The maximum Gasteiger partial charge on any atom is 0.0625 e. The second-order valence-electron chi connectivity index (χ2n) is 3.30. The summed E-state index contributed by atoms with van der Waals surface area (Å²) in [6.45, 7) is -0.0146. The van der Waals surface area contributed by atoms with Crippen molar-refractivity contribution in [3.63, 3.8) is 0 Å². The third kappa shape index (κ3) is 1.23. The fraction of sp³-hybridized carbons (Fsp3) is 0.625. The Labute approximate surface area is 70.8 Å². The van der Waals surface area contributed by atoms with Crippen molar-refractivity contribution in [3.8, 4) is 0 Å². The summed E-state index contributed by atoms with van der Waals surface area (Å²) in [5.41, 5.74) is 7.79. The molecule has 0 saturated heterocycles. The molecule has 1 atom stereocenters. The lowest BCUT2D eigenvalue weighted by Gasteiger charge is -2.07. The van der Waals surface area contributed by atoms with Gasteiger partial charge in [0.25, 0.3) is 0 Å². The first-order valence-corrected chi connectivity index (χ1v) is 4.22. The van der Waals surface area contributed by atoms with Crippen molar-refractivity contribution in [1.82, 2.24) is 10.2 Å². The first-order valence-electron chi connectivity index (χ1n) is 4.22. The minimum atomic E-state index is -0.278. The van der Waals surface area contributed by atoms with E-state index < -0.39 is 0 Å². The lowest BCUT2D eigenvalue weighted by atomic mass is 10.1. The highest BCUT2D eigenvalue weighted by Crippen LogP contribution is 2.41. The first kappa shape index (κ1) is 7.76. The molecule has 1 aliphatic rings. The Balaban J connectivity index is 2.23. The van der Waals surface area contributed by atoms with Crippen molar-refractivity contribution in [2.24, 2.45) is 5.73 Å². The number of nitrogens with one attached hydrogen (secondary N) is 1. The van der Waals surface area contributed by atoms with Crippen LogP contribution in [0.15, 0.2) is 6.20 Å². The summed E-state index contributed by atoms with van der Waals surface area (Å²) in [6.07, 6.45) is 4.15. The van der Waals surface area contributed by atoms with Crippen LogP contribution in [0.3, 0.4) is 0 Å². The van der Waals surface area contributed by atoms with Crippen LogP contribution in [-0.4, -0.2) is 21.9 Å². The molecule has 1 saturated carbocycles. The van der Waals surface area contributed by atoms with Gasteiger partial charge in [0.05, 0.1) is 18.8 Å². The van der Waals surface area contributed by atoms with Gasteiger partial charge in [0, 0.05) is 17.2 Å². The van der Waals surface area contributed by atoms with Crippen LogP contribution >= 0.6 is 0 Å². The van der Waals surface area contributed by atoms with Crippen molar-refractivity contribution in [2.75, 3.05) is 6.61 Å². The number of nitrogens with zero attached hydrogens (tertiary/aromatic N) is 1. The number of hydrogen-bond donors (Lipinski definition) is 3. The van der Waals surface area contributed by atoms with Gasteiger partial charge < -0.3 is 10.8 Å². The van der Waals surface area contributed by atoms with E-state index in [9.17, 15) is 0 Å². The standard InChI is InChI=1S/C8H13N3O/c9-7(4-12)6-3-10-11-8(6)5-1-2-5/h3,5,7,12H,1-2,4,9H2,(H,10,11). The summed E-state index contributed by atoms with van der Waals surface area (Å²) in [6, 6.07) is -0.278.